The molecule has 0 aliphatic heterocycles. The summed E-state index contributed by atoms with van der Waals surface area (Å²) in [5, 5.41) is 5.96. The van der Waals surface area contributed by atoms with E-state index in [2.05, 4.69) is 15.6 Å². The Morgan fingerprint density at radius 2 is 1.76 bits per heavy atom. The van der Waals surface area contributed by atoms with Gasteiger partial charge in [0.2, 0.25) is 5.91 Å². The fourth-order valence-electron chi connectivity index (χ4n) is 3.13. The summed E-state index contributed by atoms with van der Waals surface area (Å²) in [5.74, 6) is 0.0982. The van der Waals surface area contributed by atoms with Crippen LogP contribution in [0.1, 0.15) is 29.8 Å². The first-order chi connectivity index (χ1) is 15.9. The fourth-order valence-corrected chi connectivity index (χ4v) is 3.35. The van der Waals surface area contributed by atoms with Crippen LogP contribution in [0.2, 0.25) is 5.02 Å². The van der Waals surface area contributed by atoms with Crippen molar-refractivity contribution in [3.8, 4) is 11.5 Å². The average molecular weight is 468 g/mol. The quantitative estimate of drug-likeness (QED) is 0.475. The minimum atomic E-state index is -0.767. The van der Waals surface area contributed by atoms with Crippen molar-refractivity contribution in [3.05, 3.63) is 83.1 Å². The van der Waals surface area contributed by atoms with Gasteiger partial charge in [-0.3, -0.25) is 14.6 Å². The van der Waals surface area contributed by atoms with Crippen LogP contribution in [0.25, 0.3) is 0 Å². The van der Waals surface area contributed by atoms with Crippen molar-refractivity contribution in [2.75, 3.05) is 12.4 Å². The zero-order valence-electron chi connectivity index (χ0n) is 18.7. The van der Waals surface area contributed by atoms with Crippen molar-refractivity contribution < 1.29 is 19.1 Å². The van der Waals surface area contributed by atoms with Crippen molar-refractivity contribution in [3.63, 3.8) is 0 Å². The number of amides is 2. The molecule has 2 aromatic carbocycles. The Morgan fingerprint density at radius 3 is 2.42 bits per heavy atom. The maximum Gasteiger partial charge on any atom is 0.253 e. The van der Waals surface area contributed by atoms with E-state index in [9.17, 15) is 9.59 Å². The van der Waals surface area contributed by atoms with Gasteiger partial charge in [0.25, 0.3) is 5.91 Å². The molecule has 0 spiro atoms. The van der Waals surface area contributed by atoms with E-state index >= 15 is 0 Å². The minimum Gasteiger partial charge on any atom is -0.493 e. The van der Waals surface area contributed by atoms with Gasteiger partial charge in [-0.2, -0.15) is 0 Å². The Hall–Kier alpha value is -3.58. The predicted molar refractivity (Wildman–Crippen MR) is 128 cm³/mol. The third-order valence-electron chi connectivity index (χ3n) is 4.93. The van der Waals surface area contributed by atoms with Crippen molar-refractivity contribution >= 4 is 29.1 Å². The molecule has 0 saturated carbocycles. The normalized spacial score (nSPS) is 11.5. The average Bonchev–Trinajstić information content (AvgIpc) is 2.81. The molecule has 3 rings (SSSR count). The Labute approximate surface area is 198 Å². The number of carbonyl (C=O) groups is 2. The standard InChI is InChI=1S/C25H26ClN3O4/c1-16(2)23(29-24(30)19-6-4-5-7-20(19)26)25(31)28-18-8-9-21(32-3)22(14-18)33-15-17-10-12-27-13-11-17/h4-14,16,23H,15H2,1-3H3,(H,28,31)(H,29,30). The number of carbonyl (C=O) groups excluding carboxylic acids is 2. The third kappa shape index (κ3) is 6.46. The highest BCUT2D eigenvalue weighted by atomic mass is 35.5. The van der Waals surface area contributed by atoms with Gasteiger partial charge < -0.3 is 20.1 Å². The van der Waals surface area contributed by atoms with Crippen molar-refractivity contribution in [1.82, 2.24) is 10.3 Å². The third-order valence-corrected chi connectivity index (χ3v) is 5.26. The highest BCUT2D eigenvalue weighted by Gasteiger charge is 2.26. The van der Waals surface area contributed by atoms with Crippen LogP contribution in [0, 0.1) is 5.92 Å². The van der Waals surface area contributed by atoms with E-state index in [-0.39, 0.29) is 11.8 Å². The largest absolute Gasteiger partial charge is 0.493 e. The van der Waals surface area contributed by atoms with Crippen LogP contribution >= 0.6 is 11.6 Å². The van der Waals surface area contributed by atoms with E-state index in [0.29, 0.717) is 34.4 Å². The molecular formula is C25H26ClN3O4. The molecule has 0 fully saturated rings. The number of pyridine rings is 1. The lowest BCUT2D eigenvalue weighted by molar-refractivity contribution is -0.118. The molecule has 172 valence electrons. The summed E-state index contributed by atoms with van der Waals surface area (Å²) in [6.45, 7) is 4.03. The Balaban J connectivity index is 1.72. The highest BCUT2D eigenvalue weighted by molar-refractivity contribution is 6.33. The van der Waals surface area contributed by atoms with Gasteiger partial charge in [-0.1, -0.05) is 37.6 Å². The fraction of sp³-hybridized carbons (Fsp3) is 0.240. The number of nitrogens with zero attached hydrogens (tertiary/aromatic N) is 1. The van der Waals surface area contributed by atoms with Crippen LogP contribution in [0.15, 0.2) is 67.0 Å². The van der Waals surface area contributed by atoms with Gasteiger partial charge >= 0.3 is 0 Å². The molecule has 1 atom stereocenters. The van der Waals surface area contributed by atoms with Crippen LogP contribution in [-0.4, -0.2) is 29.9 Å². The minimum absolute atomic E-state index is 0.155. The number of methoxy groups -OCH3 is 1. The van der Waals surface area contributed by atoms with Crippen molar-refractivity contribution in [2.45, 2.75) is 26.5 Å². The highest BCUT2D eigenvalue weighted by Crippen LogP contribution is 2.31. The molecule has 7 nitrogen and oxygen atoms in total. The molecule has 0 aliphatic rings. The smallest absolute Gasteiger partial charge is 0.253 e. The molecule has 0 aliphatic carbocycles. The topological polar surface area (TPSA) is 89.6 Å². The zero-order chi connectivity index (χ0) is 23.8. The van der Waals surface area contributed by atoms with E-state index in [4.69, 9.17) is 21.1 Å². The summed E-state index contributed by atoms with van der Waals surface area (Å²) >= 11 is 6.12. The van der Waals surface area contributed by atoms with E-state index in [1.807, 2.05) is 26.0 Å². The maximum absolute atomic E-state index is 13.0. The molecule has 2 N–H and O–H groups in total. The molecular weight excluding hydrogens is 442 g/mol. The number of nitrogens with one attached hydrogen (secondary N) is 2. The van der Waals surface area contributed by atoms with Crippen LogP contribution in [0.4, 0.5) is 5.69 Å². The number of benzene rings is 2. The molecule has 0 saturated heterocycles. The van der Waals surface area contributed by atoms with E-state index in [0.717, 1.165) is 5.56 Å². The van der Waals surface area contributed by atoms with Gasteiger partial charge in [0, 0.05) is 24.1 Å². The second-order valence-corrected chi connectivity index (χ2v) is 8.08. The van der Waals surface area contributed by atoms with Crippen LogP contribution in [-0.2, 0) is 11.4 Å². The molecule has 1 unspecified atom stereocenters. The number of hydrogen-bond acceptors (Lipinski definition) is 5. The van der Waals surface area contributed by atoms with Gasteiger partial charge in [0.1, 0.15) is 12.6 Å². The lowest BCUT2D eigenvalue weighted by atomic mass is 10.0. The first kappa shape index (κ1) is 24.1. The summed E-state index contributed by atoms with van der Waals surface area (Å²) in [6.07, 6.45) is 3.38. The van der Waals surface area contributed by atoms with E-state index in [1.54, 1.807) is 62.0 Å². The van der Waals surface area contributed by atoms with Gasteiger partial charge in [0.05, 0.1) is 17.7 Å². The van der Waals surface area contributed by atoms with Crippen molar-refractivity contribution in [2.24, 2.45) is 5.92 Å². The maximum atomic E-state index is 13.0. The number of aromatic nitrogens is 1. The number of hydrogen-bond donors (Lipinski definition) is 2. The van der Waals surface area contributed by atoms with Crippen LogP contribution < -0.4 is 20.1 Å². The lowest BCUT2D eigenvalue weighted by Crippen LogP contribution is -2.47. The predicted octanol–water partition coefficient (Wildman–Crippen LogP) is 4.72. The van der Waals surface area contributed by atoms with Crippen LogP contribution in [0.3, 0.4) is 0 Å². The number of halogens is 1. The van der Waals surface area contributed by atoms with E-state index in [1.165, 1.54) is 0 Å². The summed E-state index contributed by atoms with van der Waals surface area (Å²) in [6, 6.07) is 14.8. The molecule has 8 heteroatoms. The summed E-state index contributed by atoms with van der Waals surface area (Å²) < 4.78 is 11.3. The molecule has 0 bridgehead atoms. The Morgan fingerprint density at radius 1 is 1.03 bits per heavy atom. The molecule has 3 aromatic rings. The van der Waals surface area contributed by atoms with E-state index < -0.39 is 11.9 Å². The lowest BCUT2D eigenvalue weighted by Gasteiger charge is -2.22. The Kier molecular flexibility index (Phi) is 8.27. The van der Waals surface area contributed by atoms with Gasteiger partial charge in [0.15, 0.2) is 11.5 Å². The molecule has 0 radical (unpaired) electrons. The monoisotopic (exact) mass is 467 g/mol. The summed E-state index contributed by atoms with van der Waals surface area (Å²) in [7, 11) is 1.55. The van der Waals surface area contributed by atoms with Crippen LogP contribution in [0.5, 0.6) is 11.5 Å². The zero-order valence-corrected chi connectivity index (χ0v) is 19.4. The number of anilines is 1. The summed E-state index contributed by atoms with van der Waals surface area (Å²) in [4.78, 5) is 29.7. The van der Waals surface area contributed by atoms with Crippen molar-refractivity contribution in [1.29, 1.82) is 0 Å². The van der Waals surface area contributed by atoms with Gasteiger partial charge in [-0.05, 0) is 47.9 Å². The second kappa shape index (κ2) is 11.3. The second-order valence-electron chi connectivity index (χ2n) is 7.67. The first-order valence-corrected chi connectivity index (χ1v) is 10.8. The molecule has 1 aromatic heterocycles. The summed E-state index contributed by atoms with van der Waals surface area (Å²) in [5.41, 5.74) is 1.78. The Bertz CT molecular complexity index is 1110. The number of rotatable bonds is 9. The molecule has 1 heterocycles. The van der Waals surface area contributed by atoms with Gasteiger partial charge in [-0.15, -0.1) is 0 Å². The molecule has 2 amide bonds. The SMILES string of the molecule is COc1ccc(NC(=O)C(NC(=O)c2ccccc2Cl)C(C)C)cc1OCc1ccncc1. The first-order valence-electron chi connectivity index (χ1n) is 10.4. The van der Waals surface area contributed by atoms with Gasteiger partial charge in [-0.25, -0.2) is 0 Å². The molecule has 33 heavy (non-hydrogen) atoms. The number of ether oxygens (including phenoxy) is 2.